The predicted octanol–water partition coefficient (Wildman–Crippen LogP) is 2.03. The minimum atomic E-state index is -0.597. The van der Waals surface area contributed by atoms with Gasteiger partial charge >= 0.3 is 5.97 Å². The van der Waals surface area contributed by atoms with Gasteiger partial charge in [0.05, 0.1) is 12.7 Å². The fraction of sp³-hybridized carbons (Fsp3) is 0.500. The standard InChI is InChI=1S/C14H17FO3/c1-9(16)14(7-12(14)8-18-10(2)17)11-4-3-5-13(15)6-11/h3-6,9,12,16H,7-8H2,1-2H3/t9?,12-,14+/m0/s1. The number of halogens is 1. The highest BCUT2D eigenvalue weighted by molar-refractivity contribution is 5.66. The summed E-state index contributed by atoms with van der Waals surface area (Å²) in [4.78, 5) is 10.8. The summed E-state index contributed by atoms with van der Waals surface area (Å²) in [6.45, 7) is 3.32. The summed E-state index contributed by atoms with van der Waals surface area (Å²) in [6, 6.07) is 6.27. The van der Waals surface area contributed by atoms with E-state index in [-0.39, 0.29) is 24.3 Å². The molecule has 4 heteroatoms. The van der Waals surface area contributed by atoms with E-state index in [1.54, 1.807) is 13.0 Å². The Morgan fingerprint density at radius 2 is 2.39 bits per heavy atom. The summed E-state index contributed by atoms with van der Waals surface area (Å²) in [7, 11) is 0. The Hall–Kier alpha value is -1.42. The molecule has 1 saturated carbocycles. The highest BCUT2D eigenvalue weighted by Gasteiger charge is 2.58. The highest BCUT2D eigenvalue weighted by atomic mass is 19.1. The molecule has 3 nitrogen and oxygen atoms in total. The predicted molar refractivity (Wildman–Crippen MR) is 64.5 cm³/mol. The lowest BCUT2D eigenvalue weighted by Crippen LogP contribution is -2.27. The second-order valence-electron chi connectivity index (χ2n) is 4.93. The number of hydrogen-bond donors (Lipinski definition) is 1. The molecule has 0 aromatic heterocycles. The van der Waals surface area contributed by atoms with Crippen LogP contribution in [0.15, 0.2) is 24.3 Å². The fourth-order valence-corrected chi connectivity index (χ4v) is 2.66. The van der Waals surface area contributed by atoms with E-state index in [0.717, 1.165) is 5.56 Å². The summed E-state index contributed by atoms with van der Waals surface area (Å²) < 4.78 is 18.2. The zero-order valence-corrected chi connectivity index (χ0v) is 10.5. The molecule has 0 radical (unpaired) electrons. The summed E-state index contributed by atoms with van der Waals surface area (Å²) in [5.74, 6) is -0.588. The molecule has 1 unspecified atom stereocenters. The molecule has 0 saturated heterocycles. The first-order valence-corrected chi connectivity index (χ1v) is 6.04. The van der Waals surface area contributed by atoms with Crippen molar-refractivity contribution in [1.29, 1.82) is 0 Å². The van der Waals surface area contributed by atoms with Crippen LogP contribution in [0.5, 0.6) is 0 Å². The van der Waals surface area contributed by atoms with Crippen molar-refractivity contribution in [3.8, 4) is 0 Å². The first-order valence-electron chi connectivity index (χ1n) is 6.04. The average Bonchev–Trinajstić information content (AvgIpc) is 3.02. The van der Waals surface area contributed by atoms with Gasteiger partial charge in [-0.3, -0.25) is 4.79 Å². The number of benzene rings is 1. The Labute approximate surface area is 106 Å². The van der Waals surface area contributed by atoms with Crippen molar-refractivity contribution >= 4 is 5.97 Å². The topological polar surface area (TPSA) is 46.5 Å². The minimum Gasteiger partial charge on any atom is -0.466 e. The third-order valence-corrected chi connectivity index (χ3v) is 3.75. The van der Waals surface area contributed by atoms with Gasteiger partial charge in [-0.25, -0.2) is 4.39 Å². The molecule has 18 heavy (non-hydrogen) atoms. The van der Waals surface area contributed by atoms with E-state index in [9.17, 15) is 14.3 Å². The van der Waals surface area contributed by atoms with Crippen molar-refractivity contribution in [2.45, 2.75) is 31.8 Å². The molecule has 1 aliphatic rings. The molecule has 0 heterocycles. The maximum absolute atomic E-state index is 13.3. The van der Waals surface area contributed by atoms with Crippen LogP contribution >= 0.6 is 0 Å². The van der Waals surface area contributed by atoms with E-state index in [1.807, 2.05) is 6.07 Å². The molecule has 1 N–H and O–H groups in total. The van der Waals surface area contributed by atoms with Crippen LogP contribution in [0.1, 0.15) is 25.8 Å². The molecule has 0 spiro atoms. The average molecular weight is 252 g/mol. The lowest BCUT2D eigenvalue weighted by Gasteiger charge is -2.21. The van der Waals surface area contributed by atoms with E-state index in [4.69, 9.17) is 4.74 Å². The first-order chi connectivity index (χ1) is 8.46. The van der Waals surface area contributed by atoms with Crippen LogP contribution in [0, 0.1) is 11.7 Å². The second-order valence-corrected chi connectivity index (χ2v) is 4.93. The maximum Gasteiger partial charge on any atom is 0.302 e. The molecular weight excluding hydrogens is 235 g/mol. The number of ether oxygens (including phenoxy) is 1. The Bertz CT molecular complexity index is 458. The normalized spacial score (nSPS) is 27.7. The second kappa shape index (κ2) is 4.69. The summed E-state index contributed by atoms with van der Waals surface area (Å²) in [6.07, 6.45) is 0.112. The van der Waals surface area contributed by atoms with Gasteiger partial charge < -0.3 is 9.84 Å². The van der Waals surface area contributed by atoms with Gasteiger partial charge in [0, 0.05) is 18.3 Å². The quantitative estimate of drug-likeness (QED) is 0.834. The van der Waals surface area contributed by atoms with Crippen LogP contribution in [0.25, 0.3) is 0 Å². The molecule has 1 aromatic carbocycles. The van der Waals surface area contributed by atoms with Gasteiger partial charge in [-0.1, -0.05) is 12.1 Å². The largest absolute Gasteiger partial charge is 0.466 e. The van der Waals surface area contributed by atoms with E-state index >= 15 is 0 Å². The highest BCUT2D eigenvalue weighted by Crippen LogP contribution is 2.56. The summed E-state index contributed by atoms with van der Waals surface area (Å²) in [5, 5.41) is 9.96. The number of esters is 1. The van der Waals surface area contributed by atoms with E-state index in [1.165, 1.54) is 19.1 Å². The number of carbonyl (C=O) groups excluding carboxylic acids is 1. The van der Waals surface area contributed by atoms with Gasteiger partial charge in [-0.05, 0) is 31.0 Å². The Morgan fingerprint density at radius 1 is 1.67 bits per heavy atom. The van der Waals surface area contributed by atoms with Gasteiger partial charge in [0.2, 0.25) is 0 Å². The third kappa shape index (κ3) is 2.25. The number of aliphatic hydroxyl groups is 1. The number of aliphatic hydroxyl groups excluding tert-OH is 1. The van der Waals surface area contributed by atoms with E-state index in [2.05, 4.69) is 0 Å². The van der Waals surface area contributed by atoms with Gasteiger partial charge in [0.1, 0.15) is 5.82 Å². The number of rotatable bonds is 4. The van der Waals surface area contributed by atoms with Gasteiger partial charge in [-0.15, -0.1) is 0 Å². The van der Waals surface area contributed by atoms with Gasteiger partial charge in [-0.2, -0.15) is 0 Å². The van der Waals surface area contributed by atoms with Crippen molar-refractivity contribution in [1.82, 2.24) is 0 Å². The molecule has 98 valence electrons. The summed E-state index contributed by atoms with van der Waals surface area (Å²) >= 11 is 0. The Balaban J connectivity index is 2.18. The van der Waals surface area contributed by atoms with Crippen LogP contribution in [-0.2, 0) is 14.9 Å². The number of carbonyl (C=O) groups is 1. The van der Waals surface area contributed by atoms with Gasteiger partial charge in [0.25, 0.3) is 0 Å². The molecule has 0 bridgehead atoms. The zero-order chi connectivity index (χ0) is 13.3. The molecule has 1 fully saturated rings. The summed E-state index contributed by atoms with van der Waals surface area (Å²) in [5.41, 5.74) is 0.298. The Morgan fingerprint density at radius 3 is 2.94 bits per heavy atom. The van der Waals surface area contributed by atoms with Gasteiger partial charge in [0.15, 0.2) is 0 Å². The zero-order valence-electron chi connectivity index (χ0n) is 10.5. The van der Waals surface area contributed by atoms with Crippen LogP contribution in [0.4, 0.5) is 4.39 Å². The van der Waals surface area contributed by atoms with E-state index < -0.39 is 11.5 Å². The van der Waals surface area contributed by atoms with Crippen molar-refractivity contribution in [3.05, 3.63) is 35.6 Å². The van der Waals surface area contributed by atoms with Crippen LogP contribution in [0.3, 0.4) is 0 Å². The van der Waals surface area contributed by atoms with Crippen LogP contribution in [0.2, 0.25) is 0 Å². The maximum atomic E-state index is 13.3. The molecular formula is C14H17FO3. The van der Waals surface area contributed by atoms with Crippen molar-refractivity contribution in [2.75, 3.05) is 6.61 Å². The first kappa shape index (κ1) is 13.0. The third-order valence-electron chi connectivity index (χ3n) is 3.75. The molecule has 1 aliphatic carbocycles. The SMILES string of the molecule is CC(=O)OC[C@@H]1C[C@]1(c1cccc(F)c1)C(C)O. The van der Waals surface area contributed by atoms with Crippen molar-refractivity contribution in [3.63, 3.8) is 0 Å². The molecule has 1 aromatic rings. The molecule has 3 atom stereocenters. The molecule has 2 rings (SSSR count). The van der Waals surface area contributed by atoms with E-state index in [0.29, 0.717) is 6.42 Å². The molecule has 0 aliphatic heterocycles. The Kier molecular flexibility index (Phi) is 3.39. The smallest absolute Gasteiger partial charge is 0.302 e. The monoisotopic (exact) mass is 252 g/mol. The van der Waals surface area contributed by atoms with Crippen molar-refractivity contribution < 1.29 is 19.0 Å². The molecule has 0 amide bonds. The lowest BCUT2D eigenvalue weighted by atomic mass is 9.88. The van der Waals surface area contributed by atoms with Crippen LogP contribution in [-0.4, -0.2) is 23.8 Å². The van der Waals surface area contributed by atoms with Crippen LogP contribution < -0.4 is 0 Å². The number of hydrogen-bond acceptors (Lipinski definition) is 3. The minimum absolute atomic E-state index is 0.0585. The van der Waals surface area contributed by atoms with Crippen molar-refractivity contribution in [2.24, 2.45) is 5.92 Å². The fourth-order valence-electron chi connectivity index (χ4n) is 2.66. The lowest BCUT2D eigenvalue weighted by molar-refractivity contribution is -0.141.